The second-order valence-electron chi connectivity index (χ2n) is 13.5. The summed E-state index contributed by atoms with van der Waals surface area (Å²) in [6, 6.07) is 11.1. The molecule has 2 atom stereocenters. The van der Waals surface area contributed by atoms with Gasteiger partial charge in [-0.15, -0.1) is 0 Å². The molecule has 1 saturated heterocycles. The Morgan fingerprint density at radius 3 is 0.942 bits per heavy atom. The van der Waals surface area contributed by atoms with Gasteiger partial charge in [0.1, 0.15) is 12.1 Å². The highest BCUT2D eigenvalue weighted by Crippen LogP contribution is 2.29. The fraction of sp³-hybridized carbons (Fsp3) is 0.526. The average Bonchev–Trinajstić information content (AvgIpc) is 3.52. The third-order valence-corrected chi connectivity index (χ3v) is 9.37. The van der Waals surface area contributed by atoms with Crippen molar-refractivity contribution in [3.63, 3.8) is 0 Å². The number of amides is 6. The van der Waals surface area contributed by atoms with Crippen molar-refractivity contribution in [2.45, 2.75) is 39.8 Å². The Bertz CT molecular complexity index is 1440. The largest absolute Gasteiger partial charge is 0.377 e. The fourth-order valence-electron chi connectivity index (χ4n) is 6.69. The lowest BCUT2D eigenvalue weighted by molar-refractivity contribution is -0.140. The summed E-state index contributed by atoms with van der Waals surface area (Å²) in [4.78, 5) is 86.4. The minimum Gasteiger partial charge on any atom is -0.377 e. The number of nitrogens with zero attached hydrogens (tertiary/aromatic N) is 4. The minimum atomic E-state index is -1.00. The first-order chi connectivity index (χ1) is 25.0. The van der Waals surface area contributed by atoms with E-state index in [0.717, 1.165) is 9.80 Å². The molecule has 14 heteroatoms. The van der Waals surface area contributed by atoms with Crippen molar-refractivity contribution >= 4 is 35.4 Å². The van der Waals surface area contributed by atoms with Gasteiger partial charge in [0.05, 0.1) is 75.1 Å². The number of imide groups is 2. The van der Waals surface area contributed by atoms with Gasteiger partial charge in [0.15, 0.2) is 0 Å². The summed E-state index contributed by atoms with van der Waals surface area (Å²) in [7, 11) is 0. The molecule has 14 nitrogen and oxygen atoms in total. The van der Waals surface area contributed by atoms with E-state index in [2.05, 4.69) is 0 Å². The Hall–Kier alpha value is -4.50. The van der Waals surface area contributed by atoms with Gasteiger partial charge < -0.3 is 28.7 Å². The molecule has 0 aliphatic carbocycles. The molecule has 3 aliphatic rings. The lowest BCUT2D eigenvalue weighted by atomic mass is 10.0. The van der Waals surface area contributed by atoms with E-state index in [9.17, 15) is 28.8 Å². The topological polar surface area (TPSA) is 152 Å². The summed E-state index contributed by atoms with van der Waals surface area (Å²) in [5.74, 6) is -3.38. The molecule has 52 heavy (non-hydrogen) atoms. The van der Waals surface area contributed by atoms with Gasteiger partial charge in [0.2, 0.25) is 11.8 Å². The summed E-state index contributed by atoms with van der Waals surface area (Å²) >= 11 is 0. The van der Waals surface area contributed by atoms with E-state index in [0.29, 0.717) is 0 Å². The molecule has 0 radical (unpaired) electrons. The van der Waals surface area contributed by atoms with Gasteiger partial charge in [-0.05, 0) is 36.1 Å². The average molecular weight is 721 g/mol. The molecule has 2 aromatic rings. The number of ether oxygens (including phenoxy) is 4. The molecule has 0 aromatic heterocycles. The van der Waals surface area contributed by atoms with Gasteiger partial charge in [0, 0.05) is 26.2 Å². The highest BCUT2D eigenvalue weighted by Gasteiger charge is 2.46. The second kappa shape index (κ2) is 17.8. The van der Waals surface area contributed by atoms with Gasteiger partial charge in [-0.1, -0.05) is 52.0 Å². The molecule has 5 rings (SSSR count). The predicted molar refractivity (Wildman–Crippen MR) is 188 cm³/mol. The summed E-state index contributed by atoms with van der Waals surface area (Å²) < 4.78 is 23.2. The number of hydrogen-bond donors (Lipinski definition) is 0. The maximum Gasteiger partial charge on any atom is 0.262 e. The van der Waals surface area contributed by atoms with Crippen LogP contribution in [0.5, 0.6) is 0 Å². The molecule has 6 amide bonds. The van der Waals surface area contributed by atoms with Crippen LogP contribution < -0.4 is 0 Å². The van der Waals surface area contributed by atoms with Crippen molar-refractivity contribution in [2.24, 2.45) is 11.8 Å². The first-order valence-electron chi connectivity index (χ1n) is 17.9. The molecule has 0 spiro atoms. The van der Waals surface area contributed by atoms with Crippen LogP contribution in [0.25, 0.3) is 0 Å². The summed E-state index contributed by atoms with van der Waals surface area (Å²) in [5.41, 5.74) is 1.14. The van der Waals surface area contributed by atoms with Crippen LogP contribution in [-0.2, 0) is 28.5 Å². The summed E-state index contributed by atoms with van der Waals surface area (Å²) in [6.07, 6.45) is 0. The number of fused-ring (bicyclic) bond motifs is 2. The van der Waals surface area contributed by atoms with Crippen molar-refractivity contribution < 1.29 is 47.7 Å². The van der Waals surface area contributed by atoms with Crippen LogP contribution in [0, 0.1) is 11.8 Å². The third kappa shape index (κ3) is 8.41. The summed E-state index contributed by atoms with van der Waals surface area (Å²) in [5, 5.41) is 0. The van der Waals surface area contributed by atoms with Crippen molar-refractivity contribution in [1.82, 2.24) is 19.6 Å². The van der Waals surface area contributed by atoms with Gasteiger partial charge >= 0.3 is 0 Å². The Morgan fingerprint density at radius 1 is 0.462 bits per heavy atom. The minimum absolute atomic E-state index is 0.173. The first kappa shape index (κ1) is 38.7. The normalized spacial score (nSPS) is 19.8. The highest BCUT2D eigenvalue weighted by atomic mass is 16.5. The molecule has 0 saturated carbocycles. The summed E-state index contributed by atoms with van der Waals surface area (Å²) in [6.45, 7) is 9.54. The Kier molecular flexibility index (Phi) is 13.3. The van der Waals surface area contributed by atoms with E-state index in [1.54, 1.807) is 86.0 Å². The lowest BCUT2D eigenvalue weighted by Gasteiger charge is -2.34. The molecule has 3 aliphatic heterocycles. The monoisotopic (exact) mass is 720 g/mol. The standard InChI is InChI=1S/C38H48N4O10/c1-25(2)31(41-33(43)27-9-5-6-10-28(27)34(41)44)37(47)39-13-17-49-21-23-51-19-15-40(16-20-52-24-22-50-18-14-39)38(48)32(26(3)4)42-35(45)29-11-7-8-12-30(29)36(42)46/h5-12,25-26,31-32H,13-24H2,1-4H3/t31-,32-/m0/s1. The van der Waals surface area contributed by atoms with Crippen LogP contribution in [0.3, 0.4) is 0 Å². The van der Waals surface area contributed by atoms with Crippen molar-refractivity contribution in [3.8, 4) is 0 Å². The van der Waals surface area contributed by atoms with Gasteiger partial charge in [-0.3, -0.25) is 38.6 Å². The first-order valence-corrected chi connectivity index (χ1v) is 17.9. The van der Waals surface area contributed by atoms with E-state index in [1.807, 2.05) is 0 Å². The van der Waals surface area contributed by atoms with E-state index >= 15 is 0 Å². The molecule has 0 unspecified atom stereocenters. The van der Waals surface area contributed by atoms with E-state index in [-0.39, 0.29) is 125 Å². The quantitative estimate of drug-likeness (QED) is 0.407. The lowest BCUT2D eigenvalue weighted by Crippen LogP contribution is -2.54. The second-order valence-corrected chi connectivity index (χ2v) is 13.5. The van der Waals surface area contributed by atoms with E-state index in [1.165, 1.54) is 0 Å². The van der Waals surface area contributed by atoms with Gasteiger partial charge in [-0.2, -0.15) is 0 Å². The zero-order chi connectivity index (χ0) is 37.4. The maximum atomic E-state index is 14.0. The maximum absolute atomic E-state index is 14.0. The smallest absolute Gasteiger partial charge is 0.262 e. The Labute approximate surface area is 303 Å². The van der Waals surface area contributed by atoms with Crippen molar-refractivity contribution in [2.75, 3.05) is 79.0 Å². The van der Waals surface area contributed by atoms with Crippen molar-refractivity contribution in [1.29, 1.82) is 0 Å². The number of carbonyl (C=O) groups is 6. The Balaban J connectivity index is 1.19. The van der Waals surface area contributed by atoms with Crippen LogP contribution in [0.2, 0.25) is 0 Å². The van der Waals surface area contributed by atoms with Crippen LogP contribution in [0.15, 0.2) is 48.5 Å². The van der Waals surface area contributed by atoms with E-state index in [4.69, 9.17) is 18.9 Å². The number of carbonyl (C=O) groups excluding carboxylic acids is 6. The molecular weight excluding hydrogens is 672 g/mol. The molecule has 0 N–H and O–H groups in total. The molecule has 0 bridgehead atoms. The molecule has 1 fully saturated rings. The number of benzene rings is 2. The molecule has 280 valence electrons. The predicted octanol–water partition coefficient (Wildman–Crippen LogP) is 2.37. The van der Waals surface area contributed by atoms with Crippen LogP contribution in [0.4, 0.5) is 0 Å². The zero-order valence-electron chi connectivity index (χ0n) is 30.3. The Morgan fingerprint density at radius 2 is 0.712 bits per heavy atom. The molecule has 3 heterocycles. The van der Waals surface area contributed by atoms with Crippen molar-refractivity contribution in [3.05, 3.63) is 70.8 Å². The van der Waals surface area contributed by atoms with E-state index < -0.39 is 35.7 Å². The molecule has 2 aromatic carbocycles. The van der Waals surface area contributed by atoms with Gasteiger partial charge in [0.25, 0.3) is 23.6 Å². The van der Waals surface area contributed by atoms with Crippen LogP contribution in [-0.4, -0.2) is 146 Å². The molecular formula is C38H48N4O10. The fourth-order valence-corrected chi connectivity index (χ4v) is 6.69. The SMILES string of the molecule is CC(C)[C@@H](C(=O)N1CCOCCOCCN(C(=O)[C@H](C(C)C)N2C(=O)c3ccccc3C2=O)CCOCCOCC1)N1C(=O)c2ccccc2C1=O. The van der Waals surface area contributed by atoms with Gasteiger partial charge in [-0.25, -0.2) is 0 Å². The number of hydrogen-bond acceptors (Lipinski definition) is 10. The number of rotatable bonds is 6. The third-order valence-electron chi connectivity index (χ3n) is 9.37. The van der Waals surface area contributed by atoms with Crippen LogP contribution >= 0.6 is 0 Å². The highest BCUT2D eigenvalue weighted by molar-refractivity contribution is 6.23. The zero-order valence-corrected chi connectivity index (χ0v) is 30.3. The van der Waals surface area contributed by atoms with Crippen LogP contribution in [0.1, 0.15) is 69.1 Å².